The Hall–Kier alpha value is -5.34. The summed E-state index contributed by atoms with van der Waals surface area (Å²) in [5, 5.41) is 0. The van der Waals surface area contributed by atoms with E-state index in [1.54, 1.807) is 0 Å². The zero-order valence-electron chi connectivity index (χ0n) is 31.2. The number of para-hydroxylation sites is 2. The van der Waals surface area contributed by atoms with Crippen LogP contribution in [0.25, 0.3) is 0 Å². The first-order valence-corrected chi connectivity index (χ1v) is 19.2. The Balaban J connectivity index is 1.48. The molecule has 2 nitrogen and oxygen atoms in total. The lowest BCUT2D eigenvalue weighted by Gasteiger charge is -2.24. The van der Waals surface area contributed by atoms with Crippen molar-refractivity contribution in [3.8, 4) is 0 Å². The molecule has 0 aromatic heterocycles. The second-order valence-electron chi connectivity index (χ2n) is 13.6. The summed E-state index contributed by atoms with van der Waals surface area (Å²) in [5.74, 6) is 0.938. The third kappa shape index (κ3) is 8.24. The third-order valence-corrected chi connectivity index (χ3v) is 10.6. The number of hydrogen-bond donors (Lipinski definition) is 0. The number of nitrogens with zero attached hydrogens (tertiary/aromatic N) is 2. The van der Waals surface area contributed by atoms with Crippen molar-refractivity contribution < 1.29 is 0 Å². The van der Waals surface area contributed by atoms with Crippen LogP contribution >= 0.6 is 0 Å². The van der Waals surface area contributed by atoms with Crippen molar-refractivity contribution in [3.05, 3.63) is 202 Å². The number of rotatable bonds is 15. The molecule has 6 aromatic carbocycles. The first kappa shape index (κ1) is 36.5. The highest BCUT2D eigenvalue weighted by atomic mass is 14.8. The van der Waals surface area contributed by atoms with Crippen LogP contribution in [0.3, 0.4) is 0 Å². The topological polar surface area (TPSA) is 24.7 Å². The fraction of sp³-hybridized carbons (Fsp3) is 0.240. The van der Waals surface area contributed by atoms with Crippen LogP contribution in [-0.2, 0) is 0 Å². The summed E-state index contributed by atoms with van der Waals surface area (Å²) in [6.07, 6.45) is 7.81. The van der Waals surface area contributed by atoms with Crippen LogP contribution in [0.4, 0.5) is 11.4 Å². The van der Waals surface area contributed by atoms with Crippen LogP contribution in [0.15, 0.2) is 168 Å². The molecule has 52 heavy (non-hydrogen) atoms. The van der Waals surface area contributed by atoms with E-state index < -0.39 is 0 Å². The van der Waals surface area contributed by atoms with Crippen LogP contribution in [0.1, 0.15) is 122 Å². The minimum Gasteiger partial charge on any atom is -0.255 e. The molecule has 262 valence electrons. The molecule has 0 aliphatic heterocycles. The van der Waals surface area contributed by atoms with Gasteiger partial charge in [-0.25, -0.2) is 0 Å². The predicted octanol–water partition coefficient (Wildman–Crippen LogP) is 14.0. The monoisotopic (exact) mass is 680 g/mol. The molecular formula is C50H52N2. The van der Waals surface area contributed by atoms with Crippen LogP contribution in [0.2, 0.25) is 0 Å². The molecule has 6 aromatic rings. The van der Waals surface area contributed by atoms with Crippen LogP contribution in [0, 0.1) is 0 Å². The summed E-state index contributed by atoms with van der Waals surface area (Å²) in [5.41, 5.74) is 12.4. The van der Waals surface area contributed by atoms with Crippen molar-refractivity contribution in [3.63, 3.8) is 0 Å². The molecule has 0 fully saturated rings. The van der Waals surface area contributed by atoms with Crippen molar-refractivity contribution in [1.82, 2.24) is 0 Å². The minimum atomic E-state index is 0.234. The van der Waals surface area contributed by atoms with Crippen LogP contribution < -0.4 is 0 Å². The van der Waals surface area contributed by atoms with Gasteiger partial charge in [0.2, 0.25) is 0 Å². The van der Waals surface area contributed by atoms with Gasteiger partial charge in [-0.1, -0.05) is 185 Å². The summed E-state index contributed by atoms with van der Waals surface area (Å²) in [6, 6.07) is 57.0. The van der Waals surface area contributed by atoms with E-state index >= 15 is 0 Å². The van der Waals surface area contributed by atoms with Gasteiger partial charge in [0.15, 0.2) is 0 Å². The standard InChI is InChI=1S/C50H52N2/c1-5-41(37-23-13-9-14-24-37)45-31-21-32-46(42(6-2)38-25-15-10-16-26-38)49(45)51-35-36-52-50-47(43(7-3)39-27-17-11-18-28-39)33-22-34-48(50)44(8-4)40-29-19-12-20-30-40/h9-36,41-44H,5-8H2,1-4H3. The Bertz CT molecular complexity index is 1750. The molecule has 4 atom stereocenters. The van der Waals surface area contributed by atoms with E-state index in [1.165, 1.54) is 44.5 Å². The number of hydrogen-bond acceptors (Lipinski definition) is 2. The minimum absolute atomic E-state index is 0.234. The highest BCUT2D eigenvalue weighted by molar-refractivity contribution is 6.17. The Morgan fingerprint density at radius 2 is 0.558 bits per heavy atom. The number of aliphatic imine (C=N–C) groups is 2. The lowest BCUT2D eigenvalue weighted by Crippen LogP contribution is -2.06. The second-order valence-corrected chi connectivity index (χ2v) is 13.6. The molecule has 0 amide bonds. The Morgan fingerprint density at radius 1 is 0.327 bits per heavy atom. The maximum absolute atomic E-state index is 5.34. The Labute approximate surface area is 312 Å². The van der Waals surface area contributed by atoms with E-state index in [-0.39, 0.29) is 23.7 Å². The highest BCUT2D eigenvalue weighted by Gasteiger charge is 2.24. The highest BCUT2D eigenvalue weighted by Crippen LogP contribution is 2.43. The molecule has 0 spiro atoms. The van der Waals surface area contributed by atoms with Crippen molar-refractivity contribution >= 4 is 23.8 Å². The van der Waals surface area contributed by atoms with E-state index in [0.717, 1.165) is 37.1 Å². The molecule has 0 radical (unpaired) electrons. The van der Waals surface area contributed by atoms with E-state index in [2.05, 4.69) is 185 Å². The van der Waals surface area contributed by atoms with E-state index in [0.29, 0.717) is 0 Å². The van der Waals surface area contributed by atoms with E-state index in [9.17, 15) is 0 Å². The summed E-state index contributed by atoms with van der Waals surface area (Å²) in [4.78, 5) is 10.7. The summed E-state index contributed by atoms with van der Waals surface area (Å²) in [6.45, 7) is 9.11. The second kappa shape index (κ2) is 18.2. The van der Waals surface area contributed by atoms with Gasteiger partial charge in [0.25, 0.3) is 0 Å². The Kier molecular flexibility index (Phi) is 12.8. The molecule has 0 N–H and O–H groups in total. The average molecular weight is 681 g/mol. The molecule has 0 aliphatic carbocycles. The first-order valence-electron chi connectivity index (χ1n) is 19.2. The molecule has 2 heteroatoms. The lowest BCUT2D eigenvalue weighted by atomic mass is 9.82. The molecular weight excluding hydrogens is 629 g/mol. The molecule has 0 saturated heterocycles. The number of benzene rings is 6. The van der Waals surface area contributed by atoms with Crippen molar-refractivity contribution in [2.75, 3.05) is 0 Å². The van der Waals surface area contributed by atoms with Gasteiger partial charge < -0.3 is 0 Å². The fourth-order valence-electron chi connectivity index (χ4n) is 8.08. The quantitative estimate of drug-likeness (QED) is 0.0965. The smallest absolute Gasteiger partial charge is 0.0706 e. The van der Waals surface area contributed by atoms with Crippen molar-refractivity contribution in [2.24, 2.45) is 9.98 Å². The molecule has 0 saturated carbocycles. The SMILES string of the molecule is CCC(c1ccccc1)c1cccc(C(CC)c2ccccc2)c1N=CC=Nc1c(C(CC)c2ccccc2)cccc1C(CC)c1ccccc1. The summed E-state index contributed by atoms with van der Waals surface area (Å²) in [7, 11) is 0. The van der Waals surface area contributed by atoms with Crippen LogP contribution in [0.5, 0.6) is 0 Å². The van der Waals surface area contributed by atoms with Gasteiger partial charge in [-0.15, -0.1) is 0 Å². The van der Waals surface area contributed by atoms with E-state index in [1.807, 2.05) is 12.4 Å². The van der Waals surface area contributed by atoms with Gasteiger partial charge in [0.1, 0.15) is 0 Å². The summed E-state index contributed by atoms with van der Waals surface area (Å²) >= 11 is 0. The van der Waals surface area contributed by atoms with Gasteiger partial charge in [-0.2, -0.15) is 0 Å². The maximum atomic E-state index is 5.34. The molecule has 4 unspecified atom stereocenters. The van der Waals surface area contributed by atoms with Gasteiger partial charge in [0, 0.05) is 36.1 Å². The van der Waals surface area contributed by atoms with Crippen LogP contribution in [-0.4, -0.2) is 12.4 Å². The van der Waals surface area contributed by atoms with Crippen molar-refractivity contribution in [1.29, 1.82) is 0 Å². The molecule has 0 bridgehead atoms. The zero-order chi connectivity index (χ0) is 36.1. The molecule has 0 heterocycles. The predicted molar refractivity (Wildman–Crippen MR) is 223 cm³/mol. The lowest BCUT2D eigenvalue weighted by molar-refractivity contribution is 0.755. The average Bonchev–Trinajstić information content (AvgIpc) is 3.20. The normalized spacial score (nSPS) is 14.0. The van der Waals surface area contributed by atoms with Gasteiger partial charge in [0.05, 0.1) is 11.4 Å². The largest absolute Gasteiger partial charge is 0.255 e. The molecule has 6 rings (SSSR count). The fourth-order valence-corrected chi connectivity index (χ4v) is 8.08. The first-order chi connectivity index (χ1) is 25.7. The molecule has 0 aliphatic rings. The van der Waals surface area contributed by atoms with Crippen molar-refractivity contribution in [2.45, 2.75) is 77.0 Å². The van der Waals surface area contributed by atoms with Gasteiger partial charge >= 0.3 is 0 Å². The summed E-state index contributed by atoms with van der Waals surface area (Å²) < 4.78 is 0. The zero-order valence-corrected chi connectivity index (χ0v) is 31.2. The Morgan fingerprint density at radius 3 is 0.769 bits per heavy atom. The third-order valence-electron chi connectivity index (χ3n) is 10.6. The van der Waals surface area contributed by atoms with Gasteiger partial charge in [-0.05, 0) is 70.2 Å². The van der Waals surface area contributed by atoms with Gasteiger partial charge in [-0.3, -0.25) is 9.98 Å². The maximum Gasteiger partial charge on any atom is 0.0706 e. The van der Waals surface area contributed by atoms with E-state index in [4.69, 9.17) is 9.98 Å².